The lowest BCUT2D eigenvalue weighted by Crippen LogP contribution is -2.41. The van der Waals surface area contributed by atoms with E-state index in [0.717, 1.165) is 41.7 Å². The van der Waals surface area contributed by atoms with Gasteiger partial charge in [0.2, 0.25) is 15.9 Å². The van der Waals surface area contributed by atoms with Crippen molar-refractivity contribution in [1.29, 1.82) is 0 Å². The number of nitrogens with one attached hydrogen (secondary N) is 2. The van der Waals surface area contributed by atoms with E-state index < -0.39 is 10.0 Å². The Labute approximate surface area is 198 Å². The van der Waals surface area contributed by atoms with Gasteiger partial charge >= 0.3 is 0 Å². The molecule has 1 aliphatic rings. The highest BCUT2D eigenvalue weighted by molar-refractivity contribution is 9.10. The van der Waals surface area contributed by atoms with Gasteiger partial charge in [-0.3, -0.25) is 9.69 Å². The maximum atomic E-state index is 12.4. The summed E-state index contributed by atoms with van der Waals surface area (Å²) < 4.78 is 33.3. The smallest absolute Gasteiger partial charge is 0.240 e. The van der Waals surface area contributed by atoms with E-state index >= 15 is 0 Å². The number of piperidine rings is 1. The van der Waals surface area contributed by atoms with Crippen LogP contribution in [0.3, 0.4) is 0 Å². The van der Waals surface area contributed by atoms with Gasteiger partial charge < -0.3 is 10.1 Å². The highest BCUT2D eigenvalue weighted by Gasteiger charge is 2.23. The summed E-state index contributed by atoms with van der Waals surface area (Å²) in [4.78, 5) is 15.0. The molecule has 0 spiro atoms. The largest absolute Gasteiger partial charge is 0.497 e. The van der Waals surface area contributed by atoms with Gasteiger partial charge in [-0.15, -0.1) is 0 Å². The number of ether oxygens (including phenoxy) is 1. The van der Waals surface area contributed by atoms with Crippen LogP contribution in [-0.2, 0) is 14.8 Å². The number of hydrogen-bond acceptors (Lipinski definition) is 5. The number of sulfonamides is 1. The number of benzene rings is 2. The maximum Gasteiger partial charge on any atom is 0.240 e. The van der Waals surface area contributed by atoms with Crippen LogP contribution < -0.4 is 14.8 Å². The molecule has 2 aromatic rings. The van der Waals surface area contributed by atoms with Crippen LogP contribution >= 0.6 is 15.9 Å². The van der Waals surface area contributed by atoms with Gasteiger partial charge in [0.1, 0.15) is 5.75 Å². The van der Waals surface area contributed by atoms with E-state index in [9.17, 15) is 13.2 Å². The van der Waals surface area contributed by atoms with Crippen molar-refractivity contribution in [2.75, 3.05) is 33.3 Å². The summed E-state index contributed by atoms with van der Waals surface area (Å²) in [5.41, 5.74) is 1.13. The predicted molar refractivity (Wildman–Crippen MR) is 128 cm³/mol. The molecule has 7 nitrogen and oxygen atoms in total. The number of hydrogen-bond donors (Lipinski definition) is 2. The third-order valence-electron chi connectivity index (χ3n) is 5.59. The fraction of sp³-hybridized carbons (Fsp3) is 0.435. The molecule has 1 fully saturated rings. The molecule has 1 saturated heterocycles. The summed E-state index contributed by atoms with van der Waals surface area (Å²) in [5, 5.41) is 2.99. The molecular weight excluding hydrogens is 494 g/mol. The SMILES string of the molecule is COc1ccc([C@@H](CNC(=O)CCNS(=O)(=O)c2ccc(Br)cc2)N2CCCCC2)cc1. The van der Waals surface area contributed by atoms with Crippen LogP contribution in [0.15, 0.2) is 57.9 Å². The second-order valence-corrected chi connectivity index (χ2v) is 10.5. The predicted octanol–water partition coefficient (Wildman–Crippen LogP) is 3.47. The molecule has 32 heavy (non-hydrogen) atoms. The summed E-state index contributed by atoms with van der Waals surface area (Å²) in [6, 6.07) is 14.4. The molecule has 0 radical (unpaired) electrons. The standard InChI is InChI=1S/C23H30BrN3O4S/c1-31-20-9-5-18(6-10-20)22(27-15-3-2-4-16-27)17-25-23(28)13-14-26-32(29,30)21-11-7-19(24)8-12-21/h5-12,22,26H,2-4,13-17H2,1H3,(H,25,28)/t22-/m1/s1. The van der Waals surface area contributed by atoms with E-state index in [1.807, 2.05) is 24.3 Å². The number of carbonyl (C=O) groups excluding carboxylic acids is 1. The lowest BCUT2D eigenvalue weighted by Gasteiger charge is -2.35. The van der Waals surface area contributed by atoms with E-state index in [-0.39, 0.29) is 29.8 Å². The number of amides is 1. The quantitative estimate of drug-likeness (QED) is 0.497. The van der Waals surface area contributed by atoms with E-state index in [1.54, 1.807) is 19.2 Å². The van der Waals surface area contributed by atoms with E-state index in [2.05, 4.69) is 30.9 Å². The van der Waals surface area contributed by atoms with Crippen LogP contribution in [-0.4, -0.2) is 52.5 Å². The lowest BCUT2D eigenvalue weighted by molar-refractivity contribution is -0.121. The molecule has 0 aliphatic carbocycles. The Morgan fingerprint density at radius 1 is 1.06 bits per heavy atom. The van der Waals surface area contributed by atoms with E-state index in [0.29, 0.717) is 6.54 Å². The Morgan fingerprint density at radius 3 is 2.34 bits per heavy atom. The average Bonchev–Trinajstić information content (AvgIpc) is 2.80. The highest BCUT2D eigenvalue weighted by Crippen LogP contribution is 2.26. The van der Waals surface area contributed by atoms with Crippen LogP contribution in [0.1, 0.15) is 37.3 Å². The average molecular weight is 524 g/mol. The number of nitrogens with zero attached hydrogens (tertiary/aromatic N) is 1. The maximum absolute atomic E-state index is 12.4. The molecule has 0 unspecified atom stereocenters. The fourth-order valence-corrected chi connectivity index (χ4v) is 5.10. The molecule has 0 saturated carbocycles. The topological polar surface area (TPSA) is 87.7 Å². The first-order chi connectivity index (χ1) is 15.4. The number of rotatable bonds is 10. The minimum absolute atomic E-state index is 0.0428. The molecule has 2 N–H and O–H groups in total. The van der Waals surface area contributed by atoms with Crippen LogP contribution in [0.25, 0.3) is 0 Å². The van der Waals surface area contributed by atoms with Crippen molar-refractivity contribution in [2.45, 2.75) is 36.6 Å². The Balaban J connectivity index is 1.54. The van der Waals surface area contributed by atoms with Crippen molar-refractivity contribution in [3.63, 3.8) is 0 Å². The van der Waals surface area contributed by atoms with Gasteiger partial charge in [0.15, 0.2) is 0 Å². The van der Waals surface area contributed by atoms with Gasteiger partial charge in [-0.1, -0.05) is 34.5 Å². The first-order valence-corrected chi connectivity index (χ1v) is 13.1. The number of halogens is 1. The Kier molecular flexibility index (Phi) is 9.10. The second-order valence-electron chi connectivity index (χ2n) is 7.79. The van der Waals surface area contributed by atoms with E-state index in [1.165, 1.54) is 18.6 Å². The summed E-state index contributed by atoms with van der Waals surface area (Å²) >= 11 is 3.29. The van der Waals surface area contributed by atoms with Crippen LogP contribution in [0.4, 0.5) is 0 Å². The minimum atomic E-state index is -3.64. The Hall–Kier alpha value is -1.94. The lowest BCUT2D eigenvalue weighted by atomic mass is 10.0. The normalized spacial score (nSPS) is 15.8. The summed E-state index contributed by atoms with van der Waals surface area (Å²) in [6.45, 7) is 2.52. The van der Waals surface area contributed by atoms with Gasteiger partial charge in [0.05, 0.1) is 18.0 Å². The summed E-state index contributed by atoms with van der Waals surface area (Å²) in [6.07, 6.45) is 3.61. The zero-order valence-corrected chi connectivity index (χ0v) is 20.6. The third-order valence-corrected chi connectivity index (χ3v) is 7.60. The van der Waals surface area contributed by atoms with Crippen molar-refractivity contribution in [1.82, 2.24) is 14.9 Å². The summed E-state index contributed by atoms with van der Waals surface area (Å²) in [5.74, 6) is 0.618. The molecule has 0 bridgehead atoms. The minimum Gasteiger partial charge on any atom is -0.497 e. The fourth-order valence-electron chi connectivity index (χ4n) is 3.81. The molecule has 0 aromatic heterocycles. The third kappa shape index (κ3) is 7.03. The molecular formula is C23H30BrN3O4S. The van der Waals surface area contributed by atoms with E-state index in [4.69, 9.17) is 4.74 Å². The monoisotopic (exact) mass is 523 g/mol. The molecule has 3 rings (SSSR count). The molecule has 1 amide bonds. The molecule has 2 aromatic carbocycles. The van der Waals surface area contributed by atoms with Gasteiger partial charge in [0.25, 0.3) is 0 Å². The van der Waals surface area contributed by atoms with Gasteiger partial charge in [0, 0.05) is 24.0 Å². The molecule has 1 heterocycles. The van der Waals surface area contributed by atoms with Gasteiger partial charge in [-0.25, -0.2) is 13.1 Å². The molecule has 9 heteroatoms. The van der Waals surface area contributed by atoms with Crippen molar-refractivity contribution < 1.29 is 17.9 Å². The Bertz CT molecular complexity index is 975. The number of methoxy groups -OCH3 is 1. The van der Waals surface area contributed by atoms with Crippen molar-refractivity contribution >= 4 is 31.9 Å². The summed E-state index contributed by atoms with van der Waals surface area (Å²) in [7, 11) is -2.00. The van der Waals surface area contributed by atoms with Gasteiger partial charge in [-0.05, 0) is 67.9 Å². The highest BCUT2D eigenvalue weighted by atomic mass is 79.9. The van der Waals surface area contributed by atoms with Crippen molar-refractivity contribution in [3.8, 4) is 5.75 Å². The van der Waals surface area contributed by atoms with Crippen LogP contribution in [0.2, 0.25) is 0 Å². The molecule has 1 aliphatic heterocycles. The van der Waals surface area contributed by atoms with Crippen molar-refractivity contribution in [2.24, 2.45) is 0 Å². The number of carbonyl (C=O) groups is 1. The first kappa shape index (κ1) is 24.7. The van der Waals surface area contributed by atoms with Crippen LogP contribution in [0, 0.1) is 0 Å². The number of likely N-dealkylation sites (tertiary alicyclic amines) is 1. The van der Waals surface area contributed by atoms with Crippen molar-refractivity contribution in [3.05, 3.63) is 58.6 Å². The van der Waals surface area contributed by atoms with Gasteiger partial charge in [-0.2, -0.15) is 0 Å². The zero-order valence-electron chi connectivity index (χ0n) is 18.2. The zero-order chi connectivity index (χ0) is 23.0. The molecule has 174 valence electrons. The molecule has 1 atom stereocenters. The van der Waals surface area contributed by atoms with Crippen LogP contribution in [0.5, 0.6) is 5.75 Å². The first-order valence-electron chi connectivity index (χ1n) is 10.8. The Morgan fingerprint density at radius 2 is 1.72 bits per heavy atom. The second kappa shape index (κ2) is 11.8.